The second-order valence-corrected chi connectivity index (χ2v) is 7.43. The van der Waals surface area contributed by atoms with Gasteiger partial charge in [-0.05, 0) is 45.4 Å². The third-order valence-corrected chi connectivity index (χ3v) is 4.68. The molecule has 0 aromatic heterocycles. The summed E-state index contributed by atoms with van der Waals surface area (Å²) in [5.41, 5.74) is 0.347. The molecule has 0 radical (unpaired) electrons. The van der Waals surface area contributed by atoms with Gasteiger partial charge in [-0.3, -0.25) is 4.79 Å². The molecule has 8 heteroatoms. The molecule has 7 nitrogen and oxygen atoms in total. The van der Waals surface area contributed by atoms with Crippen LogP contribution in [0.3, 0.4) is 0 Å². The lowest BCUT2D eigenvalue weighted by molar-refractivity contribution is -0.115. The number of hydrogen-bond donors (Lipinski definition) is 2. The number of sulfonamides is 1. The van der Waals surface area contributed by atoms with E-state index in [-0.39, 0.29) is 29.9 Å². The Morgan fingerprint density at radius 1 is 1.24 bits per heavy atom. The Morgan fingerprint density at radius 3 is 2.56 bits per heavy atom. The molecule has 1 aromatic carbocycles. The largest absolute Gasteiger partial charge is 0.492 e. The van der Waals surface area contributed by atoms with Crippen LogP contribution in [0.1, 0.15) is 40.5 Å². The molecule has 0 fully saturated rings. The summed E-state index contributed by atoms with van der Waals surface area (Å²) in [6.07, 6.45) is 0.984. The molecule has 0 aliphatic heterocycles. The van der Waals surface area contributed by atoms with Gasteiger partial charge in [0.05, 0.1) is 23.3 Å². The van der Waals surface area contributed by atoms with E-state index in [1.165, 1.54) is 12.1 Å². The van der Waals surface area contributed by atoms with Gasteiger partial charge in [0.2, 0.25) is 15.9 Å². The van der Waals surface area contributed by atoms with Crippen LogP contribution in [-0.2, 0) is 19.6 Å². The average molecular weight is 372 g/mol. The SMILES string of the molecule is CCOc1ccc(S(=O)(=O)NCCCOC(C)C)cc1NC(=O)CC. The molecule has 1 amide bonds. The van der Waals surface area contributed by atoms with Crippen molar-refractivity contribution in [3.8, 4) is 5.75 Å². The molecule has 0 saturated heterocycles. The van der Waals surface area contributed by atoms with E-state index in [4.69, 9.17) is 9.47 Å². The number of nitrogens with one attached hydrogen (secondary N) is 2. The van der Waals surface area contributed by atoms with Gasteiger partial charge in [0.25, 0.3) is 0 Å². The maximum absolute atomic E-state index is 12.4. The van der Waals surface area contributed by atoms with Gasteiger partial charge in [-0.1, -0.05) is 6.92 Å². The van der Waals surface area contributed by atoms with E-state index in [9.17, 15) is 13.2 Å². The molecule has 25 heavy (non-hydrogen) atoms. The van der Waals surface area contributed by atoms with E-state index >= 15 is 0 Å². The lowest BCUT2D eigenvalue weighted by Crippen LogP contribution is -2.26. The highest BCUT2D eigenvalue weighted by Crippen LogP contribution is 2.28. The maximum atomic E-state index is 12.4. The van der Waals surface area contributed by atoms with Crippen molar-refractivity contribution in [2.45, 2.75) is 51.5 Å². The molecule has 2 N–H and O–H groups in total. The van der Waals surface area contributed by atoms with Crippen LogP contribution in [0, 0.1) is 0 Å². The predicted molar refractivity (Wildman–Crippen MR) is 97.4 cm³/mol. The molecule has 0 aliphatic carbocycles. The smallest absolute Gasteiger partial charge is 0.240 e. The summed E-state index contributed by atoms with van der Waals surface area (Å²) < 4.78 is 38.2. The summed E-state index contributed by atoms with van der Waals surface area (Å²) in [6, 6.07) is 4.41. The summed E-state index contributed by atoms with van der Waals surface area (Å²) >= 11 is 0. The van der Waals surface area contributed by atoms with Gasteiger partial charge >= 0.3 is 0 Å². The van der Waals surface area contributed by atoms with Crippen LogP contribution in [-0.4, -0.2) is 40.2 Å². The number of carbonyl (C=O) groups excluding carboxylic acids is 1. The second kappa shape index (κ2) is 10.4. The Morgan fingerprint density at radius 2 is 1.96 bits per heavy atom. The minimum Gasteiger partial charge on any atom is -0.492 e. The van der Waals surface area contributed by atoms with Gasteiger partial charge in [-0.25, -0.2) is 13.1 Å². The van der Waals surface area contributed by atoms with Crippen molar-refractivity contribution < 1.29 is 22.7 Å². The first-order chi connectivity index (χ1) is 11.8. The van der Waals surface area contributed by atoms with Crippen molar-refractivity contribution >= 4 is 21.6 Å². The quantitative estimate of drug-likeness (QED) is 0.582. The normalized spacial score (nSPS) is 11.6. The van der Waals surface area contributed by atoms with E-state index < -0.39 is 10.0 Å². The standard InChI is InChI=1S/C17H28N2O5S/c1-5-17(20)19-15-12-14(8-9-16(15)23-6-2)25(21,22)18-10-7-11-24-13(3)4/h8-9,12-13,18H,5-7,10-11H2,1-4H3,(H,19,20). The van der Waals surface area contributed by atoms with Crippen molar-refractivity contribution in [3.63, 3.8) is 0 Å². The number of benzene rings is 1. The fraction of sp³-hybridized carbons (Fsp3) is 0.588. The second-order valence-electron chi connectivity index (χ2n) is 5.66. The zero-order valence-corrected chi connectivity index (χ0v) is 16.1. The Labute approximate surface area is 150 Å². The van der Waals surface area contributed by atoms with E-state index in [0.717, 1.165) is 0 Å². The van der Waals surface area contributed by atoms with Crippen molar-refractivity contribution in [2.24, 2.45) is 0 Å². The van der Waals surface area contributed by atoms with Gasteiger partial charge in [-0.15, -0.1) is 0 Å². The van der Waals surface area contributed by atoms with Crippen molar-refractivity contribution in [1.82, 2.24) is 4.72 Å². The first kappa shape index (κ1) is 21.4. The van der Waals surface area contributed by atoms with Gasteiger partial charge < -0.3 is 14.8 Å². The molecule has 1 rings (SSSR count). The predicted octanol–water partition coefficient (Wildman–Crippen LogP) is 2.53. The minimum atomic E-state index is -3.67. The molecular formula is C17H28N2O5S. The average Bonchev–Trinajstić information content (AvgIpc) is 2.55. The Kier molecular flexibility index (Phi) is 8.88. The third-order valence-electron chi connectivity index (χ3n) is 3.22. The maximum Gasteiger partial charge on any atom is 0.240 e. The lowest BCUT2D eigenvalue weighted by Gasteiger charge is -2.14. The first-order valence-electron chi connectivity index (χ1n) is 8.48. The molecule has 0 bridgehead atoms. The topological polar surface area (TPSA) is 93.7 Å². The number of rotatable bonds is 11. The van der Waals surface area contributed by atoms with Crippen LogP contribution in [0.25, 0.3) is 0 Å². The Bertz CT molecular complexity index is 659. The molecule has 0 atom stereocenters. The molecule has 0 aliphatic rings. The van der Waals surface area contributed by atoms with Gasteiger partial charge in [-0.2, -0.15) is 0 Å². The molecule has 0 heterocycles. The Balaban J connectivity index is 2.84. The van der Waals surface area contributed by atoms with Gasteiger partial charge in [0, 0.05) is 19.6 Å². The van der Waals surface area contributed by atoms with Crippen LogP contribution >= 0.6 is 0 Å². The van der Waals surface area contributed by atoms with E-state index in [2.05, 4.69) is 10.0 Å². The van der Waals surface area contributed by atoms with Crippen molar-refractivity contribution in [3.05, 3.63) is 18.2 Å². The van der Waals surface area contributed by atoms with Crippen LogP contribution in [0.5, 0.6) is 5.75 Å². The van der Waals surface area contributed by atoms with Crippen molar-refractivity contribution in [2.75, 3.05) is 25.1 Å². The Hall–Kier alpha value is -1.64. The number of ether oxygens (including phenoxy) is 2. The highest BCUT2D eigenvalue weighted by Gasteiger charge is 2.17. The fourth-order valence-corrected chi connectivity index (χ4v) is 3.07. The summed E-state index contributed by atoms with van der Waals surface area (Å²) in [5, 5.41) is 2.67. The van der Waals surface area contributed by atoms with E-state index in [1.807, 2.05) is 20.8 Å². The highest BCUT2D eigenvalue weighted by molar-refractivity contribution is 7.89. The molecular weight excluding hydrogens is 344 g/mol. The molecule has 142 valence electrons. The minimum absolute atomic E-state index is 0.0761. The molecule has 0 spiro atoms. The van der Waals surface area contributed by atoms with Crippen LogP contribution < -0.4 is 14.8 Å². The molecule has 0 saturated carbocycles. The summed E-state index contributed by atoms with van der Waals surface area (Å²) in [4.78, 5) is 11.7. The van der Waals surface area contributed by atoms with Gasteiger partial charge in [0.15, 0.2) is 0 Å². The zero-order valence-electron chi connectivity index (χ0n) is 15.3. The number of anilines is 1. The van der Waals surface area contributed by atoms with Gasteiger partial charge in [0.1, 0.15) is 5.75 Å². The lowest BCUT2D eigenvalue weighted by atomic mass is 10.3. The molecule has 0 unspecified atom stereocenters. The third kappa shape index (κ3) is 7.41. The number of hydrogen-bond acceptors (Lipinski definition) is 5. The van der Waals surface area contributed by atoms with Crippen molar-refractivity contribution in [1.29, 1.82) is 0 Å². The van der Waals surface area contributed by atoms with Crippen LogP contribution in [0.2, 0.25) is 0 Å². The summed E-state index contributed by atoms with van der Waals surface area (Å²) in [7, 11) is -3.67. The van der Waals surface area contributed by atoms with Crippen LogP contribution in [0.4, 0.5) is 5.69 Å². The fourth-order valence-electron chi connectivity index (χ4n) is 1.97. The van der Waals surface area contributed by atoms with Crippen LogP contribution in [0.15, 0.2) is 23.1 Å². The zero-order chi connectivity index (χ0) is 18.9. The monoisotopic (exact) mass is 372 g/mol. The van der Waals surface area contributed by atoms with E-state index in [0.29, 0.717) is 31.1 Å². The number of amides is 1. The summed E-state index contributed by atoms with van der Waals surface area (Å²) in [6.45, 7) is 8.57. The highest BCUT2D eigenvalue weighted by atomic mass is 32.2. The number of carbonyl (C=O) groups is 1. The molecule has 1 aromatic rings. The first-order valence-corrected chi connectivity index (χ1v) is 9.96. The van der Waals surface area contributed by atoms with E-state index in [1.54, 1.807) is 13.0 Å². The summed E-state index contributed by atoms with van der Waals surface area (Å²) in [5.74, 6) is 0.225.